The number of para-hydroxylation sites is 1. The fraction of sp³-hybridized carbons (Fsp3) is 0.152. The van der Waals surface area contributed by atoms with Crippen molar-refractivity contribution in [1.29, 1.82) is 0 Å². The molecule has 6 rings (SSSR count). The molecule has 0 saturated carbocycles. The van der Waals surface area contributed by atoms with Crippen LogP contribution in [0.1, 0.15) is 15.9 Å². The second-order valence-corrected chi connectivity index (χ2v) is 11.0. The summed E-state index contributed by atoms with van der Waals surface area (Å²) < 4.78 is 0. The van der Waals surface area contributed by atoms with Gasteiger partial charge in [-0.15, -0.1) is 0 Å². The molecule has 0 fully saturated rings. The number of aromatic nitrogens is 3. The number of benzene rings is 3. The molecule has 1 aliphatic rings. The van der Waals surface area contributed by atoms with Gasteiger partial charge in [-0.25, -0.2) is 9.97 Å². The Hall–Kier alpha value is -4.99. The summed E-state index contributed by atoms with van der Waals surface area (Å²) in [4.78, 5) is 42.0. The Morgan fingerprint density at radius 2 is 1.91 bits per heavy atom. The minimum Gasteiger partial charge on any atom is -0.360 e. The van der Waals surface area contributed by atoms with Crippen LogP contribution in [0.5, 0.6) is 0 Å². The summed E-state index contributed by atoms with van der Waals surface area (Å²) in [6.45, 7) is 1.27. The maximum Gasteiger partial charge on any atom is 0.255 e. The predicted molar refractivity (Wildman–Crippen MR) is 172 cm³/mol. The summed E-state index contributed by atoms with van der Waals surface area (Å²) in [7, 11) is 3.90. The van der Waals surface area contributed by atoms with Crippen molar-refractivity contribution >= 4 is 57.3 Å². The molecule has 0 saturated heterocycles. The number of fused-ring (bicyclic) bond motifs is 2. The molecule has 2 aromatic heterocycles. The quantitative estimate of drug-likeness (QED) is 0.183. The van der Waals surface area contributed by atoms with Crippen LogP contribution in [0.3, 0.4) is 0 Å². The van der Waals surface area contributed by atoms with Crippen molar-refractivity contribution in [2.24, 2.45) is 0 Å². The van der Waals surface area contributed by atoms with Gasteiger partial charge in [0, 0.05) is 64.5 Å². The number of anilines is 4. The second kappa shape index (κ2) is 12.1. The molecule has 0 unspecified atom stereocenters. The van der Waals surface area contributed by atoms with Gasteiger partial charge in [0.1, 0.15) is 0 Å². The molecule has 3 heterocycles. The number of nitrogens with zero attached hydrogens (tertiary/aromatic N) is 4. The Labute approximate surface area is 254 Å². The number of nitrogens with one attached hydrogen (secondary N) is 3. The highest BCUT2D eigenvalue weighted by Gasteiger charge is 2.24. The maximum absolute atomic E-state index is 13.2. The van der Waals surface area contributed by atoms with Crippen molar-refractivity contribution in [2.75, 3.05) is 42.7 Å². The lowest BCUT2D eigenvalue weighted by atomic mass is 10.1. The topological polar surface area (TPSA) is 106 Å². The number of carbonyl (C=O) groups excluding carboxylic acids is 2. The Bertz CT molecular complexity index is 1860. The van der Waals surface area contributed by atoms with E-state index in [4.69, 9.17) is 11.6 Å². The van der Waals surface area contributed by atoms with Crippen molar-refractivity contribution in [3.8, 4) is 11.3 Å². The summed E-state index contributed by atoms with van der Waals surface area (Å²) in [5, 5.41) is 7.63. The van der Waals surface area contributed by atoms with Crippen molar-refractivity contribution in [3.63, 3.8) is 0 Å². The minimum atomic E-state index is -0.272. The SMILES string of the molecule is CN(C)C/C=C/C(=O)N1CCc2ccc(C(=O)Nc3cccc(Nc4ncc(Cl)c(-c5c[nH]c6ccccc56)n4)c3)cc21. The average Bonchev–Trinajstić information content (AvgIpc) is 3.62. The molecule has 0 atom stereocenters. The monoisotopic (exact) mass is 591 g/mol. The van der Waals surface area contributed by atoms with Crippen LogP contribution in [0, 0.1) is 0 Å². The van der Waals surface area contributed by atoms with Crippen LogP contribution in [-0.4, -0.2) is 58.9 Å². The van der Waals surface area contributed by atoms with Crippen LogP contribution in [0.15, 0.2) is 91.3 Å². The van der Waals surface area contributed by atoms with E-state index in [0.717, 1.165) is 34.1 Å². The molecule has 43 heavy (non-hydrogen) atoms. The first kappa shape index (κ1) is 28.1. The normalized spacial score (nSPS) is 12.7. The van der Waals surface area contributed by atoms with Gasteiger partial charge in [-0.05, 0) is 62.5 Å². The fourth-order valence-corrected chi connectivity index (χ4v) is 5.29. The Morgan fingerprint density at radius 3 is 2.77 bits per heavy atom. The standard InChI is InChI=1S/C33H30ClN7O2/c1-40(2)15-6-11-30(42)41-16-14-21-12-13-22(17-29(21)41)32(43)37-23-7-5-8-24(18-23)38-33-36-20-27(34)31(39-33)26-19-35-28-10-4-3-9-25(26)28/h3-13,17-20,35H,14-16H2,1-2H3,(H,37,43)(H,36,38,39)/b11-6+. The van der Waals surface area contributed by atoms with Gasteiger partial charge in [0.25, 0.3) is 11.8 Å². The van der Waals surface area contributed by atoms with E-state index in [2.05, 4.69) is 25.6 Å². The zero-order valence-corrected chi connectivity index (χ0v) is 24.5. The molecule has 0 radical (unpaired) electrons. The molecule has 3 aromatic carbocycles. The van der Waals surface area contributed by atoms with Gasteiger partial charge in [0.2, 0.25) is 5.95 Å². The van der Waals surface area contributed by atoms with Crippen LogP contribution in [0.2, 0.25) is 5.02 Å². The van der Waals surface area contributed by atoms with Crippen LogP contribution >= 0.6 is 11.6 Å². The van der Waals surface area contributed by atoms with Crippen molar-refractivity contribution in [3.05, 3.63) is 107 Å². The number of amides is 2. The summed E-state index contributed by atoms with van der Waals surface area (Å²) in [6.07, 6.45) is 7.64. The minimum absolute atomic E-state index is 0.0887. The molecule has 10 heteroatoms. The van der Waals surface area contributed by atoms with Gasteiger partial charge in [-0.3, -0.25) is 9.59 Å². The van der Waals surface area contributed by atoms with Crippen LogP contribution < -0.4 is 15.5 Å². The van der Waals surface area contributed by atoms with Gasteiger partial charge < -0.3 is 25.4 Å². The van der Waals surface area contributed by atoms with E-state index >= 15 is 0 Å². The zero-order valence-electron chi connectivity index (χ0n) is 23.8. The van der Waals surface area contributed by atoms with Gasteiger partial charge >= 0.3 is 0 Å². The lowest BCUT2D eigenvalue weighted by Crippen LogP contribution is -2.27. The Balaban J connectivity index is 1.17. The van der Waals surface area contributed by atoms with E-state index in [0.29, 0.717) is 46.7 Å². The maximum atomic E-state index is 13.2. The molecule has 0 spiro atoms. The first-order valence-electron chi connectivity index (χ1n) is 13.9. The van der Waals surface area contributed by atoms with E-state index < -0.39 is 0 Å². The van der Waals surface area contributed by atoms with E-state index in [-0.39, 0.29) is 11.8 Å². The highest BCUT2D eigenvalue weighted by Crippen LogP contribution is 2.33. The summed E-state index contributed by atoms with van der Waals surface area (Å²) >= 11 is 6.49. The number of rotatable bonds is 8. The molecule has 0 bridgehead atoms. The first-order valence-corrected chi connectivity index (χ1v) is 14.3. The third-order valence-electron chi connectivity index (χ3n) is 7.21. The van der Waals surface area contributed by atoms with E-state index in [9.17, 15) is 9.59 Å². The molecule has 5 aromatic rings. The molecule has 1 aliphatic heterocycles. The van der Waals surface area contributed by atoms with E-state index in [1.165, 1.54) is 0 Å². The highest BCUT2D eigenvalue weighted by atomic mass is 35.5. The number of hydrogen-bond acceptors (Lipinski definition) is 6. The highest BCUT2D eigenvalue weighted by molar-refractivity contribution is 6.33. The summed E-state index contributed by atoms with van der Waals surface area (Å²) in [6, 6.07) is 20.7. The van der Waals surface area contributed by atoms with E-state index in [1.54, 1.807) is 35.4 Å². The van der Waals surface area contributed by atoms with Crippen LogP contribution in [0.25, 0.3) is 22.2 Å². The number of aromatic amines is 1. The molecule has 216 valence electrons. The average molecular weight is 592 g/mol. The third kappa shape index (κ3) is 6.13. The molecular formula is C33H30ClN7O2. The molecule has 9 nitrogen and oxygen atoms in total. The number of halogens is 1. The van der Waals surface area contributed by atoms with Gasteiger partial charge in [-0.2, -0.15) is 0 Å². The van der Waals surface area contributed by atoms with E-state index in [1.807, 2.05) is 79.8 Å². The molecule has 2 amide bonds. The zero-order chi connectivity index (χ0) is 29.9. The molecular weight excluding hydrogens is 562 g/mol. The first-order chi connectivity index (χ1) is 20.9. The number of hydrogen-bond donors (Lipinski definition) is 3. The van der Waals surface area contributed by atoms with Crippen molar-refractivity contribution < 1.29 is 9.59 Å². The predicted octanol–water partition coefficient (Wildman–Crippen LogP) is 6.28. The fourth-order valence-electron chi connectivity index (χ4n) is 5.09. The Morgan fingerprint density at radius 1 is 1.07 bits per heavy atom. The number of H-pyrrole nitrogens is 1. The lowest BCUT2D eigenvalue weighted by molar-refractivity contribution is -0.114. The summed E-state index contributed by atoms with van der Waals surface area (Å²) in [5.74, 6) is 0.0112. The molecule has 0 aliphatic carbocycles. The molecule has 3 N–H and O–H groups in total. The Kier molecular flexibility index (Phi) is 7.91. The number of carbonyl (C=O) groups is 2. The third-order valence-corrected chi connectivity index (χ3v) is 7.48. The second-order valence-electron chi connectivity index (χ2n) is 10.5. The van der Waals surface area contributed by atoms with Gasteiger partial charge in [0.05, 0.1) is 16.9 Å². The largest absolute Gasteiger partial charge is 0.360 e. The van der Waals surface area contributed by atoms with Crippen molar-refractivity contribution in [2.45, 2.75) is 6.42 Å². The van der Waals surface area contributed by atoms with Crippen molar-refractivity contribution in [1.82, 2.24) is 19.9 Å². The van der Waals surface area contributed by atoms with Gasteiger partial charge in [0.15, 0.2) is 0 Å². The smallest absolute Gasteiger partial charge is 0.255 e. The lowest BCUT2D eigenvalue weighted by Gasteiger charge is -2.16. The van der Waals surface area contributed by atoms with Crippen LogP contribution in [-0.2, 0) is 11.2 Å². The van der Waals surface area contributed by atoms with Gasteiger partial charge in [-0.1, -0.05) is 48.0 Å². The van der Waals surface area contributed by atoms with Crippen LogP contribution in [0.4, 0.5) is 23.0 Å². The number of likely N-dealkylation sites (N-methyl/N-ethyl adjacent to an activating group) is 1. The summed E-state index contributed by atoms with van der Waals surface area (Å²) in [5.41, 5.74) is 6.06.